The molecule has 0 amide bonds. The van der Waals surface area contributed by atoms with Crippen LogP contribution < -0.4 is 5.32 Å². The Morgan fingerprint density at radius 1 is 1.35 bits per heavy atom. The van der Waals surface area contributed by atoms with Crippen LogP contribution in [0.2, 0.25) is 0 Å². The minimum atomic E-state index is 0.185. The second-order valence-electron chi connectivity index (χ2n) is 5.26. The van der Waals surface area contributed by atoms with Crippen LogP contribution in [0.5, 0.6) is 0 Å². The molecule has 3 heteroatoms. The van der Waals surface area contributed by atoms with Crippen LogP contribution in [-0.2, 0) is 12.8 Å². The van der Waals surface area contributed by atoms with Crippen molar-refractivity contribution in [3.05, 3.63) is 23.4 Å². The van der Waals surface area contributed by atoms with Gasteiger partial charge in [0.15, 0.2) is 0 Å². The fraction of sp³-hybridized carbons (Fsp3) is 0.643. The fourth-order valence-corrected chi connectivity index (χ4v) is 2.76. The number of fused-ring (bicyclic) bond motifs is 1. The van der Waals surface area contributed by atoms with Crippen molar-refractivity contribution >= 4 is 17.4 Å². The summed E-state index contributed by atoms with van der Waals surface area (Å²) in [5, 5.41) is 3.52. The molecule has 1 aliphatic carbocycles. The summed E-state index contributed by atoms with van der Waals surface area (Å²) in [4.78, 5) is 4.63. The van der Waals surface area contributed by atoms with Gasteiger partial charge in [0, 0.05) is 12.2 Å². The highest BCUT2D eigenvalue weighted by atomic mass is 35.5. The molecule has 0 spiro atoms. The molecule has 2 nitrogen and oxygen atoms in total. The second kappa shape index (κ2) is 5.72. The molecule has 17 heavy (non-hydrogen) atoms. The van der Waals surface area contributed by atoms with E-state index in [0.717, 1.165) is 25.2 Å². The largest absolute Gasteiger partial charge is 0.369 e. The molecule has 1 aliphatic rings. The third kappa shape index (κ3) is 3.60. The van der Waals surface area contributed by atoms with Crippen molar-refractivity contribution in [2.75, 3.05) is 11.9 Å². The SMILES string of the molecule is CC(C)CC(Cl)CNc1ccc2c(n1)CCC2. The van der Waals surface area contributed by atoms with Gasteiger partial charge in [0.2, 0.25) is 0 Å². The average Bonchev–Trinajstić information content (AvgIpc) is 2.72. The van der Waals surface area contributed by atoms with Gasteiger partial charge in [-0.3, -0.25) is 0 Å². The van der Waals surface area contributed by atoms with Crippen LogP contribution in [0, 0.1) is 5.92 Å². The number of hydrogen-bond donors (Lipinski definition) is 1. The van der Waals surface area contributed by atoms with Gasteiger partial charge >= 0.3 is 0 Å². The van der Waals surface area contributed by atoms with Gasteiger partial charge in [-0.05, 0) is 43.2 Å². The van der Waals surface area contributed by atoms with Crippen molar-refractivity contribution < 1.29 is 0 Å². The van der Waals surface area contributed by atoms with Gasteiger partial charge in [0.05, 0.1) is 5.38 Å². The van der Waals surface area contributed by atoms with Gasteiger partial charge in [-0.1, -0.05) is 19.9 Å². The van der Waals surface area contributed by atoms with Crippen molar-refractivity contribution in [1.29, 1.82) is 0 Å². The summed E-state index contributed by atoms with van der Waals surface area (Å²) < 4.78 is 0. The summed E-state index contributed by atoms with van der Waals surface area (Å²) in [7, 11) is 0. The molecule has 1 aromatic rings. The zero-order valence-corrected chi connectivity index (χ0v) is 11.4. The Kier molecular flexibility index (Phi) is 4.27. The lowest BCUT2D eigenvalue weighted by Gasteiger charge is -2.13. The first kappa shape index (κ1) is 12.7. The second-order valence-corrected chi connectivity index (χ2v) is 5.88. The predicted molar refractivity (Wildman–Crippen MR) is 73.8 cm³/mol. The van der Waals surface area contributed by atoms with E-state index in [4.69, 9.17) is 11.6 Å². The molecule has 1 heterocycles. The lowest BCUT2D eigenvalue weighted by molar-refractivity contribution is 0.572. The highest BCUT2D eigenvalue weighted by Gasteiger charge is 2.13. The number of halogens is 1. The Morgan fingerprint density at radius 3 is 2.94 bits per heavy atom. The minimum absolute atomic E-state index is 0.185. The minimum Gasteiger partial charge on any atom is -0.369 e. The maximum atomic E-state index is 6.25. The molecule has 0 radical (unpaired) electrons. The number of nitrogens with one attached hydrogen (secondary N) is 1. The third-order valence-corrected chi connectivity index (χ3v) is 3.49. The molecular weight excluding hydrogens is 232 g/mol. The maximum Gasteiger partial charge on any atom is 0.126 e. The van der Waals surface area contributed by atoms with Crippen LogP contribution in [0.1, 0.15) is 37.9 Å². The Bertz CT molecular complexity index is 376. The standard InChI is InChI=1S/C14H21ClN2/c1-10(2)8-12(15)9-16-14-7-6-11-4-3-5-13(11)17-14/h6-7,10,12H,3-5,8-9H2,1-2H3,(H,16,17). The van der Waals surface area contributed by atoms with Crippen molar-refractivity contribution in [3.8, 4) is 0 Å². The van der Waals surface area contributed by atoms with Crippen LogP contribution in [0.25, 0.3) is 0 Å². The molecule has 0 aliphatic heterocycles. The molecule has 2 rings (SSSR count). The topological polar surface area (TPSA) is 24.9 Å². The summed E-state index contributed by atoms with van der Waals surface area (Å²) in [5.41, 5.74) is 2.69. The van der Waals surface area contributed by atoms with Gasteiger partial charge in [-0.2, -0.15) is 0 Å². The highest BCUT2D eigenvalue weighted by Crippen LogP contribution is 2.21. The molecule has 0 aromatic carbocycles. The molecule has 1 unspecified atom stereocenters. The number of hydrogen-bond acceptors (Lipinski definition) is 2. The van der Waals surface area contributed by atoms with E-state index in [1.807, 2.05) is 0 Å². The normalized spacial score (nSPS) is 16.0. The zero-order chi connectivity index (χ0) is 12.3. The number of aryl methyl sites for hydroxylation is 2. The van der Waals surface area contributed by atoms with Crippen LogP contribution in [0.4, 0.5) is 5.82 Å². The Morgan fingerprint density at radius 2 is 2.18 bits per heavy atom. The number of pyridine rings is 1. The Hall–Kier alpha value is -0.760. The lowest BCUT2D eigenvalue weighted by Crippen LogP contribution is -2.17. The monoisotopic (exact) mass is 252 g/mol. The molecule has 94 valence electrons. The average molecular weight is 253 g/mol. The molecule has 0 saturated carbocycles. The van der Waals surface area contributed by atoms with E-state index in [9.17, 15) is 0 Å². The molecule has 0 bridgehead atoms. The molecular formula is C14H21ClN2. The van der Waals surface area contributed by atoms with E-state index in [1.54, 1.807) is 0 Å². The van der Waals surface area contributed by atoms with E-state index in [-0.39, 0.29) is 5.38 Å². The van der Waals surface area contributed by atoms with Gasteiger partial charge in [-0.15, -0.1) is 11.6 Å². The van der Waals surface area contributed by atoms with Gasteiger partial charge in [0.1, 0.15) is 5.82 Å². The zero-order valence-electron chi connectivity index (χ0n) is 10.7. The lowest BCUT2D eigenvalue weighted by atomic mass is 10.1. The first-order valence-corrected chi connectivity index (χ1v) is 6.95. The van der Waals surface area contributed by atoms with E-state index in [2.05, 4.69) is 36.3 Å². The summed E-state index contributed by atoms with van der Waals surface area (Å²) in [6.07, 6.45) is 4.60. The van der Waals surface area contributed by atoms with Crippen molar-refractivity contribution in [2.24, 2.45) is 5.92 Å². The van der Waals surface area contributed by atoms with Gasteiger partial charge in [-0.25, -0.2) is 4.98 Å². The van der Waals surface area contributed by atoms with Gasteiger partial charge in [0.25, 0.3) is 0 Å². The van der Waals surface area contributed by atoms with Gasteiger partial charge < -0.3 is 5.32 Å². The fourth-order valence-electron chi connectivity index (χ4n) is 2.33. The van der Waals surface area contributed by atoms with Crippen molar-refractivity contribution in [2.45, 2.75) is 44.9 Å². The van der Waals surface area contributed by atoms with Crippen LogP contribution in [0.3, 0.4) is 0 Å². The first-order chi connectivity index (χ1) is 8.15. The quantitative estimate of drug-likeness (QED) is 0.810. The van der Waals surface area contributed by atoms with E-state index in [1.165, 1.54) is 24.1 Å². The highest BCUT2D eigenvalue weighted by molar-refractivity contribution is 6.20. The number of aromatic nitrogens is 1. The number of alkyl halides is 1. The molecule has 1 N–H and O–H groups in total. The molecule has 0 saturated heterocycles. The molecule has 1 aromatic heterocycles. The number of nitrogens with zero attached hydrogens (tertiary/aromatic N) is 1. The van der Waals surface area contributed by atoms with Crippen molar-refractivity contribution in [3.63, 3.8) is 0 Å². The summed E-state index contributed by atoms with van der Waals surface area (Å²) in [5.74, 6) is 1.62. The van der Waals surface area contributed by atoms with Crippen LogP contribution in [-0.4, -0.2) is 16.9 Å². The third-order valence-electron chi connectivity index (χ3n) is 3.16. The van der Waals surface area contributed by atoms with E-state index in [0.29, 0.717) is 5.92 Å². The smallest absolute Gasteiger partial charge is 0.126 e. The Labute approximate surface area is 109 Å². The van der Waals surface area contributed by atoms with E-state index >= 15 is 0 Å². The predicted octanol–water partition coefficient (Wildman–Crippen LogP) is 3.64. The molecule has 1 atom stereocenters. The van der Waals surface area contributed by atoms with Crippen molar-refractivity contribution in [1.82, 2.24) is 4.98 Å². The number of rotatable bonds is 5. The van der Waals surface area contributed by atoms with E-state index < -0.39 is 0 Å². The van der Waals surface area contributed by atoms with Crippen LogP contribution in [0.15, 0.2) is 12.1 Å². The summed E-state index contributed by atoms with van der Waals surface area (Å²) >= 11 is 6.25. The maximum absolute atomic E-state index is 6.25. The summed E-state index contributed by atoms with van der Waals surface area (Å²) in [6, 6.07) is 4.27. The first-order valence-electron chi connectivity index (χ1n) is 6.52. The Balaban J connectivity index is 1.87. The van der Waals surface area contributed by atoms with Crippen LogP contribution >= 0.6 is 11.6 Å². The molecule has 0 fully saturated rings. The summed E-state index contributed by atoms with van der Waals surface area (Å²) in [6.45, 7) is 5.19. The number of anilines is 1.